The lowest BCUT2D eigenvalue weighted by Gasteiger charge is -2.23. The summed E-state index contributed by atoms with van der Waals surface area (Å²) in [6.45, 7) is 0. The zero-order chi connectivity index (χ0) is 11.6. The predicted octanol–water partition coefficient (Wildman–Crippen LogP) is 1.03. The summed E-state index contributed by atoms with van der Waals surface area (Å²) >= 11 is 1.98. The number of esters is 2. The summed E-state index contributed by atoms with van der Waals surface area (Å²) in [4.78, 5) is 21.6. The minimum atomic E-state index is -5.13. The molecule has 0 aliphatic carbocycles. The number of hydrogen-bond donors (Lipinski definition) is 0. The van der Waals surface area contributed by atoms with Gasteiger partial charge in [-0.25, -0.2) is 9.59 Å². The second kappa shape index (κ2) is 4.16. The molecule has 0 rings (SSSR count). The van der Waals surface area contributed by atoms with Crippen molar-refractivity contribution in [3.63, 3.8) is 0 Å². The average molecular weight is 279 g/mol. The summed E-state index contributed by atoms with van der Waals surface area (Å²) in [6, 6.07) is 0. The Morgan fingerprint density at radius 3 is 1.50 bits per heavy atom. The van der Waals surface area contributed by atoms with Gasteiger partial charge >= 0.3 is 22.4 Å². The largest absolute Gasteiger partial charge is 0.467 e. The van der Waals surface area contributed by atoms with Gasteiger partial charge in [-0.05, 0) is 15.9 Å². The summed E-state index contributed by atoms with van der Waals surface area (Å²) in [5.41, 5.74) is 0. The van der Waals surface area contributed by atoms with E-state index >= 15 is 0 Å². The first-order valence-electron chi connectivity index (χ1n) is 3.14. The van der Waals surface area contributed by atoms with E-state index in [9.17, 15) is 22.8 Å². The van der Waals surface area contributed by atoms with Crippen LogP contribution in [0.2, 0.25) is 0 Å². The summed E-state index contributed by atoms with van der Waals surface area (Å²) in [5, 5.41) is 0. The highest BCUT2D eigenvalue weighted by Crippen LogP contribution is 2.39. The van der Waals surface area contributed by atoms with Crippen LogP contribution in [0.1, 0.15) is 0 Å². The molecule has 14 heavy (non-hydrogen) atoms. The molecule has 0 spiro atoms. The molecule has 82 valence electrons. The first-order chi connectivity index (χ1) is 6.21. The molecular formula is C6H6BrF3O4. The lowest BCUT2D eigenvalue weighted by Crippen LogP contribution is -2.54. The number of alkyl halides is 4. The minimum Gasteiger partial charge on any atom is -0.467 e. The molecule has 0 saturated carbocycles. The highest BCUT2D eigenvalue weighted by atomic mass is 79.9. The van der Waals surface area contributed by atoms with Crippen molar-refractivity contribution in [3.8, 4) is 0 Å². The number of hydrogen-bond acceptors (Lipinski definition) is 4. The van der Waals surface area contributed by atoms with Gasteiger partial charge in [-0.2, -0.15) is 13.2 Å². The number of halogens is 4. The van der Waals surface area contributed by atoms with Gasteiger partial charge in [0.1, 0.15) is 0 Å². The van der Waals surface area contributed by atoms with E-state index in [1.807, 2.05) is 15.9 Å². The van der Waals surface area contributed by atoms with E-state index in [1.54, 1.807) is 0 Å². The van der Waals surface area contributed by atoms with Crippen molar-refractivity contribution >= 4 is 27.9 Å². The Morgan fingerprint density at radius 2 is 1.36 bits per heavy atom. The smallest absolute Gasteiger partial charge is 0.425 e. The fourth-order valence-electron chi connectivity index (χ4n) is 0.596. The van der Waals surface area contributed by atoms with Gasteiger partial charge in [-0.3, -0.25) is 0 Å². The fraction of sp³-hybridized carbons (Fsp3) is 0.667. The molecule has 0 N–H and O–H groups in total. The van der Waals surface area contributed by atoms with E-state index in [0.717, 1.165) is 14.2 Å². The Balaban J connectivity index is 5.27. The Hall–Kier alpha value is -0.790. The second-order valence-electron chi connectivity index (χ2n) is 2.14. The van der Waals surface area contributed by atoms with Gasteiger partial charge in [0.05, 0.1) is 14.2 Å². The Bertz CT molecular complexity index is 234. The first-order valence-corrected chi connectivity index (χ1v) is 3.93. The maximum absolute atomic E-state index is 12.3. The van der Waals surface area contributed by atoms with Gasteiger partial charge in [0.2, 0.25) is 0 Å². The molecular weight excluding hydrogens is 273 g/mol. The van der Waals surface area contributed by atoms with Crippen molar-refractivity contribution in [2.24, 2.45) is 0 Å². The predicted molar refractivity (Wildman–Crippen MR) is 41.7 cm³/mol. The molecule has 0 unspecified atom stereocenters. The number of rotatable bonds is 2. The zero-order valence-corrected chi connectivity index (χ0v) is 8.73. The van der Waals surface area contributed by atoms with Crippen molar-refractivity contribution in [2.75, 3.05) is 14.2 Å². The van der Waals surface area contributed by atoms with Crippen molar-refractivity contribution < 1.29 is 32.2 Å². The van der Waals surface area contributed by atoms with Crippen LogP contribution in [-0.4, -0.2) is 36.7 Å². The zero-order valence-electron chi connectivity index (χ0n) is 7.14. The van der Waals surface area contributed by atoms with Crippen LogP contribution in [0.25, 0.3) is 0 Å². The van der Waals surface area contributed by atoms with E-state index in [1.165, 1.54) is 0 Å². The Kier molecular flexibility index (Phi) is 3.92. The van der Waals surface area contributed by atoms with E-state index in [4.69, 9.17) is 0 Å². The van der Waals surface area contributed by atoms with Crippen molar-refractivity contribution in [1.82, 2.24) is 0 Å². The van der Waals surface area contributed by atoms with Gasteiger partial charge in [-0.15, -0.1) is 0 Å². The minimum absolute atomic E-state index is 0.729. The van der Waals surface area contributed by atoms with Gasteiger partial charge in [-0.1, -0.05) is 0 Å². The first kappa shape index (κ1) is 13.2. The van der Waals surface area contributed by atoms with Crippen LogP contribution in [0, 0.1) is 0 Å². The molecule has 0 atom stereocenters. The third-order valence-corrected chi connectivity index (χ3v) is 2.42. The van der Waals surface area contributed by atoms with Crippen molar-refractivity contribution in [2.45, 2.75) is 10.5 Å². The summed E-state index contributed by atoms with van der Waals surface area (Å²) in [5.74, 6) is -3.56. The van der Waals surface area contributed by atoms with E-state index < -0.39 is 22.4 Å². The van der Waals surface area contributed by atoms with Gasteiger partial charge in [0.15, 0.2) is 0 Å². The molecule has 0 aliphatic heterocycles. The Labute approximate surface area is 85.5 Å². The SMILES string of the molecule is COC(=O)C(Br)(C(=O)OC)C(F)(F)F. The average Bonchev–Trinajstić information content (AvgIpc) is 2.12. The maximum atomic E-state index is 12.3. The van der Waals surface area contributed by atoms with Crippen LogP contribution in [-0.2, 0) is 19.1 Å². The van der Waals surface area contributed by atoms with Gasteiger partial charge in [0.25, 0.3) is 0 Å². The van der Waals surface area contributed by atoms with Crippen molar-refractivity contribution in [3.05, 3.63) is 0 Å². The molecule has 0 aromatic rings. The molecule has 4 nitrogen and oxygen atoms in total. The molecule has 0 heterocycles. The lowest BCUT2D eigenvalue weighted by molar-refractivity contribution is -0.195. The van der Waals surface area contributed by atoms with Crippen LogP contribution >= 0.6 is 15.9 Å². The third-order valence-electron chi connectivity index (χ3n) is 1.32. The van der Waals surface area contributed by atoms with Gasteiger partial charge < -0.3 is 9.47 Å². The van der Waals surface area contributed by atoms with Crippen LogP contribution in [0.5, 0.6) is 0 Å². The summed E-state index contributed by atoms with van der Waals surface area (Å²) in [6.07, 6.45) is -5.13. The van der Waals surface area contributed by atoms with Crippen LogP contribution in [0.15, 0.2) is 0 Å². The van der Waals surface area contributed by atoms with Crippen LogP contribution in [0.4, 0.5) is 13.2 Å². The molecule has 0 aromatic carbocycles. The van der Waals surface area contributed by atoms with Crippen LogP contribution in [0.3, 0.4) is 0 Å². The lowest BCUT2D eigenvalue weighted by atomic mass is 10.1. The van der Waals surface area contributed by atoms with E-state index in [0.29, 0.717) is 0 Å². The fourth-order valence-corrected chi connectivity index (χ4v) is 0.920. The highest BCUT2D eigenvalue weighted by Gasteiger charge is 2.66. The maximum Gasteiger partial charge on any atom is 0.425 e. The molecule has 0 bridgehead atoms. The monoisotopic (exact) mass is 278 g/mol. The highest BCUT2D eigenvalue weighted by molar-refractivity contribution is 9.10. The summed E-state index contributed by atoms with van der Waals surface area (Å²) < 4.78 is 41.3. The van der Waals surface area contributed by atoms with Crippen molar-refractivity contribution in [1.29, 1.82) is 0 Å². The molecule has 0 aliphatic rings. The normalized spacial score (nSPS) is 12.1. The standard InChI is InChI=1S/C6H6BrF3O4/c1-13-3(11)5(7,4(12)14-2)6(8,9)10/h1-2H3. The Morgan fingerprint density at radius 1 is 1.07 bits per heavy atom. The third kappa shape index (κ3) is 1.99. The molecule has 0 amide bonds. The summed E-state index contributed by atoms with van der Waals surface area (Å²) in [7, 11) is 1.46. The number of ether oxygens (including phenoxy) is 2. The van der Waals surface area contributed by atoms with E-state index in [-0.39, 0.29) is 0 Å². The van der Waals surface area contributed by atoms with Crippen LogP contribution < -0.4 is 0 Å². The number of methoxy groups -OCH3 is 2. The van der Waals surface area contributed by atoms with Gasteiger partial charge in [0, 0.05) is 0 Å². The molecule has 8 heteroatoms. The molecule has 0 radical (unpaired) electrons. The quantitative estimate of drug-likeness (QED) is 0.430. The topological polar surface area (TPSA) is 52.6 Å². The number of carbonyl (C=O) groups is 2. The number of carbonyl (C=O) groups excluding carboxylic acids is 2. The molecule has 0 saturated heterocycles. The second-order valence-corrected chi connectivity index (χ2v) is 3.33. The molecule has 0 fully saturated rings. The van der Waals surface area contributed by atoms with E-state index in [2.05, 4.69) is 9.47 Å². The molecule has 0 aromatic heterocycles.